The predicted octanol–water partition coefficient (Wildman–Crippen LogP) is 3.85. The summed E-state index contributed by atoms with van der Waals surface area (Å²) in [5, 5.41) is 16.5. The Morgan fingerprint density at radius 3 is 2.78 bits per heavy atom. The molecule has 3 aromatic rings. The fourth-order valence-corrected chi connectivity index (χ4v) is 3.44. The number of rotatable bonds is 7. The highest BCUT2D eigenvalue weighted by Crippen LogP contribution is 2.26. The van der Waals surface area contributed by atoms with E-state index < -0.39 is 6.10 Å². The van der Waals surface area contributed by atoms with Crippen LogP contribution in [0.4, 0.5) is 0 Å². The molecule has 0 aliphatic carbocycles. The highest BCUT2D eigenvalue weighted by Gasteiger charge is 2.11. The molecular weight excluding hydrogens is 384 g/mol. The Balaban J connectivity index is 1.59. The van der Waals surface area contributed by atoms with E-state index in [4.69, 9.17) is 16.0 Å². The van der Waals surface area contributed by atoms with Gasteiger partial charge < -0.3 is 20.2 Å². The molecule has 1 aromatic carbocycles. The summed E-state index contributed by atoms with van der Waals surface area (Å²) in [6.07, 6.45) is 0.959. The van der Waals surface area contributed by atoms with Crippen LogP contribution in [0.3, 0.4) is 0 Å². The van der Waals surface area contributed by atoms with Crippen LogP contribution in [0.1, 0.15) is 23.6 Å². The van der Waals surface area contributed by atoms with Crippen molar-refractivity contribution in [2.75, 3.05) is 13.1 Å². The Morgan fingerprint density at radius 2 is 2.07 bits per heavy atom. The number of aliphatic imine (C=N–C) groups is 1. The van der Waals surface area contributed by atoms with Gasteiger partial charge in [0.05, 0.1) is 10.9 Å². The number of oxazole rings is 1. The lowest BCUT2D eigenvalue weighted by molar-refractivity contribution is 0.184. The summed E-state index contributed by atoms with van der Waals surface area (Å²) in [4.78, 5) is 9.78. The third-order valence-electron chi connectivity index (χ3n) is 3.70. The maximum absolute atomic E-state index is 10.2. The van der Waals surface area contributed by atoms with Crippen LogP contribution in [-0.4, -0.2) is 29.1 Å². The summed E-state index contributed by atoms with van der Waals surface area (Å²) in [7, 11) is 0. The number of halogens is 1. The van der Waals surface area contributed by atoms with Gasteiger partial charge in [0.15, 0.2) is 5.96 Å². The average molecular weight is 405 g/mol. The van der Waals surface area contributed by atoms with Crippen LogP contribution in [0, 0.1) is 0 Å². The molecule has 2 aromatic heterocycles. The highest BCUT2D eigenvalue weighted by atomic mass is 35.5. The van der Waals surface area contributed by atoms with Crippen molar-refractivity contribution >= 4 is 28.9 Å². The van der Waals surface area contributed by atoms with Gasteiger partial charge in [0.25, 0.3) is 0 Å². The van der Waals surface area contributed by atoms with Gasteiger partial charge in [0.2, 0.25) is 5.89 Å². The number of aromatic nitrogens is 1. The number of hydrogen-bond donors (Lipinski definition) is 3. The van der Waals surface area contributed by atoms with Crippen LogP contribution in [0.2, 0.25) is 4.34 Å². The largest absolute Gasteiger partial charge is 0.444 e. The van der Waals surface area contributed by atoms with E-state index in [-0.39, 0.29) is 0 Å². The summed E-state index contributed by atoms with van der Waals surface area (Å²) in [6, 6.07) is 13.3. The van der Waals surface area contributed by atoms with E-state index in [1.807, 2.05) is 43.3 Å². The zero-order valence-electron chi connectivity index (χ0n) is 14.9. The van der Waals surface area contributed by atoms with Gasteiger partial charge >= 0.3 is 0 Å². The first-order valence-corrected chi connectivity index (χ1v) is 9.80. The van der Waals surface area contributed by atoms with Crippen molar-refractivity contribution in [3.05, 3.63) is 63.6 Å². The molecule has 0 spiro atoms. The zero-order valence-corrected chi connectivity index (χ0v) is 16.4. The van der Waals surface area contributed by atoms with E-state index in [0.717, 1.165) is 16.1 Å². The molecular formula is C19H21ClN4O2S. The molecule has 6 nitrogen and oxygen atoms in total. The van der Waals surface area contributed by atoms with Gasteiger partial charge in [0, 0.05) is 23.5 Å². The van der Waals surface area contributed by atoms with Gasteiger partial charge in [-0.1, -0.05) is 29.8 Å². The number of nitrogens with one attached hydrogen (secondary N) is 2. The molecule has 0 amide bonds. The first-order chi connectivity index (χ1) is 13.2. The summed E-state index contributed by atoms with van der Waals surface area (Å²) in [6.45, 7) is 3.39. The van der Waals surface area contributed by atoms with Crippen molar-refractivity contribution in [1.29, 1.82) is 0 Å². The molecule has 3 N–H and O–H groups in total. The number of thiophene rings is 1. The Labute approximate surface area is 166 Å². The minimum atomic E-state index is -0.650. The molecule has 0 aliphatic heterocycles. The maximum atomic E-state index is 10.2. The molecule has 2 heterocycles. The van der Waals surface area contributed by atoms with Gasteiger partial charge in [-0.2, -0.15) is 0 Å². The second-order valence-electron chi connectivity index (χ2n) is 5.74. The fraction of sp³-hybridized carbons (Fsp3) is 0.263. The number of aliphatic hydroxyl groups is 1. The first-order valence-electron chi connectivity index (χ1n) is 8.61. The highest BCUT2D eigenvalue weighted by molar-refractivity contribution is 7.16. The van der Waals surface area contributed by atoms with Crippen LogP contribution in [0.5, 0.6) is 0 Å². The lowest BCUT2D eigenvalue weighted by Crippen LogP contribution is -2.39. The van der Waals surface area contributed by atoms with Gasteiger partial charge in [-0.3, -0.25) is 0 Å². The van der Waals surface area contributed by atoms with Crippen molar-refractivity contribution in [3.8, 4) is 11.5 Å². The molecule has 3 rings (SSSR count). The van der Waals surface area contributed by atoms with Crippen molar-refractivity contribution in [3.63, 3.8) is 0 Å². The van der Waals surface area contributed by atoms with E-state index >= 15 is 0 Å². The van der Waals surface area contributed by atoms with E-state index in [2.05, 4.69) is 20.6 Å². The lowest BCUT2D eigenvalue weighted by atomic mass is 10.2. The Hall–Kier alpha value is -2.35. The van der Waals surface area contributed by atoms with E-state index in [9.17, 15) is 5.11 Å². The summed E-state index contributed by atoms with van der Waals surface area (Å²) < 4.78 is 6.19. The van der Waals surface area contributed by atoms with Gasteiger partial charge in [-0.25, -0.2) is 9.98 Å². The minimum absolute atomic E-state index is 0.330. The molecule has 0 saturated heterocycles. The smallest absolute Gasteiger partial charge is 0.226 e. The molecule has 0 aliphatic rings. The van der Waals surface area contributed by atoms with Crippen LogP contribution >= 0.6 is 22.9 Å². The second kappa shape index (κ2) is 9.55. The van der Waals surface area contributed by atoms with Crippen molar-refractivity contribution in [2.24, 2.45) is 4.99 Å². The van der Waals surface area contributed by atoms with Crippen molar-refractivity contribution in [2.45, 2.75) is 19.6 Å². The molecule has 0 saturated carbocycles. The monoisotopic (exact) mass is 404 g/mol. The number of hydrogen-bond acceptors (Lipinski definition) is 5. The van der Waals surface area contributed by atoms with Gasteiger partial charge in [-0.15, -0.1) is 11.3 Å². The quantitative estimate of drug-likeness (QED) is 0.411. The third-order valence-corrected chi connectivity index (χ3v) is 5.03. The Morgan fingerprint density at radius 1 is 1.26 bits per heavy atom. The Kier molecular flexibility index (Phi) is 6.86. The summed E-state index contributed by atoms with van der Waals surface area (Å²) in [5.74, 6) is 1.17. The number of benzene rings is 1. The molecule has 8 heteroatoms. The summed E-state index contributed by atoms with van der Waals surface area (Å²) >= 11 is 7.28. The zero-order chi connectivity index (χ0) is 19.1. The van der Waals surface area contributed by atoms with Crippen molar-refractivity contribution in [1.82, 2.24) is 15.6 Å². The van der Waals surface area contributed by atoms with Gasteiger partial charge in [0.1, 0.15) is 18.1 Å². The second-order valence-corrected chi connectivity index (χ2v) is 7.49. The SMILES string of the molecule is CCNC(=NCc1coc(-c2ccccc2)n1)NCC(O)c1ccc(Cl)s1. The predicted molar refractivity (Wildman–Crippen MR) is 109 cm³/mol. The van der Waals surface area contributed by atoms with E-state index in [1.165, 1.54) is 11.3 Å². The maximum Gasteiger partial charge on any atom is 0.226 e. The van der Waals surface area contributed by atoms with Crippen LogP contribution < -0.4 is 10.6 Å². The lowest BCUT2D eigenvalue weighted by Gasteiger charge is -2.14. The molecule has 0 fully saturated rings. The van der Waals surface area contributed by atoms with E-state index in [1.54, 1.807) is 12.3 Å². The molecule has 1 unspecified atom stereocenters. The number of guanidine groups is 1. The van der Waals surface area contributed by atoms with Crippen LogP contribution in [-0.2, 0) is 6.54 Å². The normalized spacial score (nSPS) is 12.8. The van der Waals surface area contributed by atoms with Crippen LogP contribution in [0.25, 0.3) is 11.5 Å². The topological polar surface area (TPSA) is 82.7 Å². The van der Waals surface area contributed by atoms with Crippen molar-refractivity contribution < 1.29 is 9.52 Å². The first kappa shape index (κ1) is 19.4. The summed E-state index contributed by atoms with van der Waals surface area (Å²) in [5.41, 5.74) is 1.66. The van der Waals surface area contributed by atoms with Crippen LogP contribution in [0.15, 0.2) is 58.1 Å². The van der Waals surface area contributed by atoms with Gasteiger partial charge in [-0.05, 0) is 31.2 Å². The molecule has 142 valence electrons. The average Bonchev–Trinajstić information content (AvgIpc) is 3.33. The molecule has 1 atom stereocenters. The third kappa shape index (κ3) is 5.56. The molecule has 27 heavy (non-hydrogen) atoms. The fourth-order valence-electron chi connectivity index (χ4n) is 2.40. The molecule has 0 bridgehead atoms. The molecule has 0 radical (unpaired) electrons. The Bertz CT molecular complexity index is 879. The number of aliphatic hydroxyl groups excluding tert-OH is 1. The standard InChI is InChI=1S/C19H21ClN4O2S/c1-2-21-19(23-11-15(25)16-8-9-17(20)27-16)22-10-14-12-26-18(24-14)13-6-4-3-5-7-13/h3-9,12,15,25H,2,10-11H2,1H3,(H2,21,22,23). The van der Waals surface area contributed by atoms with E-state index in [0.29, 0.717) is 35.8 Å². The number of nitrogens with zero attached hydrogens (tertiary/aromatic N) is 2. The minimum Gasteiger partial charge on any atom is -0.444 e.